The van der Waals surface area contributed by atoms with Gasteiger partial charge in [-0.1, -0.05) is 37.3 Å². The number of ether oxygens (including phenoxy) is 1. The van der Waals surface area contributed by atoms with E-state index in [1.165, 1.54) is 29.2 Å². The van der Waals surface area contributed by atoms with Gasteiger partial charge >= 0.3 is 0 Å². The number of carbonyl (C=O) groups excluding carboxylic acids is 2. The summed E-state index contributed by atoms with van der Waals surface area (Å²) >= 11 is 0. The molecular weight excluding hydrogens is 359 g/mol. The van der Waals surface area contributed by atoms with Crippen molar-refractivity contribution in [1.82, 2.24) is 10.2 Å². The Morgan fingerprint density at radius 2 is 1.71 bits per heavy atom. The second-order valence-corrected chi connectivity index (χ2v) is 6.84. The van der Waals surface area contributed by atoms with Crippen LogP contribution in [0.2, 0.25) is 0 Å². The Balaban J connectivity index is 2.16. The van der Waals surface area contributed by atoms with E-state index in [4.69, 9.17) is 4.74 Å². The Bertz CT molecular complexity index is 763. The normalized spacial score (nSPS) is 11.8. The summed E-state index contributed by atoms with van der Waals surface area (Å²) < 4.78 is 18.5. The lowest BCUT2D eigenvalue weighted by Crippen LogP contribution is -2.51. The molecule has 2 aromatic rings. The highest BCUT2D eigenvalue weighted by Crippen LogP contribution is 2.15. The summed E-state index contributed by atoms with van der Waals surface area (Å²) in [5.74, 6) is -0.475. The van der Waals surface area contributed by atoms with Crippen molar-refractivity contribution in [3.63, 3.8) is 0 Å². The van der Waals surface area contributed by atoms with Gasteiger partial charge in [0.2, 0.25) is 5.91 Å². The first-order valence-electron chi connectivity index (χ1n) is 9.42. The van der Waals surface area contributed by atoms with Crippen molar-refractivity contribution in [2.75, 3.05) is 6.61 Å². The van der Waals surface area contributed by atoms with Crippen LogP contribution >= 0.6 is 0 Å². The van der Waals surface area contributed by atoms with Crippen molar-refractivity contribution < 1.29 is 18.7 Å². The van der Waals surface area contributed by atoms with Gasteiger partial charge < -0.3 is 15.0 Å². The van der Waals surface area contributed by atoms with Crippen molar-refractivity contribution in [3.05, 3.63) is 66.0 Å². The number of nitrogens with zero attached hydrogens (tertiary/aromatic N) is 1. The Morgan fingerprint density at radius 1 is 1.07 bits per heavy atom. The van der Waals surface area contributed by atoms with Gasteiger partial charge in [0.05, 0.1) is 0 Å². The maximum Gasteiger partial charge on any atom is 0.261 e. The van der Waals surface area contributed by atoms with Gasteiger partial charge in [-0.05, 0) is 50.1 Å². The predicted octanol–water partition coefficient (Wildman–Crippen LogP) is 3.54. The predicted molar refractivity (Wildman–Crippen MR) is 106 cm³/mol. The Hall–Kier alpha value is -2.89. The molecular formula is C22H27FN2O3. The molecule has 0 aromatic heterocycles. The number of nitrogens with one attached hydrogen (secondary N) is 1. The molecule has 28 heavy (non-hydrogen) atoms. The minimum atomic E-state index is -0.605. The molecule has 0 saturated carbocycles. The van der Waals surface area contributed by atoms with Crippen LogP contribution in [-0.4, -0.2) is 35.4 Å². The molecule has 0 aliphatic rings. The van der Waals surface area contributed by atoms with Crippen LogP contribution in [0.3, 0.4) is 0 Å². The third kappa shape index (κ3) is 6.37. The Labute approximate surface area is 165 Å². The van der Waals surface area contributed by atoms with Crippen molar-refractivity contribution in [2.24, 2.45) is 0 Å². The molecule has 2 rings (SSSR count). The summed E-state index contributed by atoms with van der Waals surface area (Å²) in [7, 11) is 0. The SMILES string of the molecule is CC[C@H](C(=O)NC(C)C)N(Cc1ccccc1)C(=O)COc1ccc(F)cc1. The van der Waals surface area contributed by atoms with Crippen molar-refractivity contribution in [1.29, 1.82) is 0 Å². The number of hydrogen-bond donors (Lipinski definition) is 1. The van der Waals surface area contributed by atoms with E-state index in [0.717, 1.165) is 5.56 Å². The van der Waals surface area contributed by atoms with Crippen LogP contribution in [-0.2, 0) is 16.1 Å². The monoisotopic (exact) mass is 386 g/mol. The molecule has 6 heteroatoms. The molecule has 0 fully saturated rings. The summed E-state index contributed by atoms with van der Waals surface area (Å²) in [5, 5.41) is 2.88. The fraction of sp³-hybridized carbons (Fsp3) is 0.364. The molecule has 0 radical (unpaired) electrons. The van der Waals surface area contributed by atoms with Crippen molar-refractivity contribution in [3.8, 4) is 5.75 Å². The van der Waals surface area contributed by atoms with Crippen LogP contribution in [0.5, 0.6) is 5.75 Å². The van der Waals surface area contributed by atoms with Gasteiger partial charge in [-0.25, -0.2) is 4.39 Å². The topological polar surface area (TPSA) is 58.6 Å². The summed E-state index contributed by atoms with van der Waals surface area (Å²) in [6, 6.07) is 14.3. The number of rotatable bonds is 9. The van der Waals surface area contributed by atoms with Crippen molar-refractivity contribution >= 4 is 11.8 Å². The lowest BCUT2D eigenvalue weighted by molar-refractivity contribution is -0.143. The molecule has 2 amide bonds. The quantitative estimate of drug-likeness (QED) is 0.717. The molecule has 0 bridgehead atoms. The summed E-state index contributed by atoms with van der Waals surface area (Å²) in [6.45, 7) is 5.70. The Kier molecular flexibility index (Phi) is 7.99. The van der Waals surface area contributed by atoms with E-state index < -0.39 is 6.04 Å². The molecule has 1 N–H and O–H groups in total. The molecule has 150 valence electrons. The van der Waals surface area contributed by atoms with Gasteiger partial charge in [-0.15, -0.1) is 0 Å². The molecule has 0 saturated heterocycles. The molecule has 5 nitrogen and oxygen atoms in total. The second-order valence-electron chi connectivity index (χ2n) is 6.84. The molecule has 0 aliphatic carbocycles. The zero-order valence-electron chi connectivity index (χ0n) is 16.5. The lowest BCUT2D eigenvalue weighted by Gasteiger charge is -2.31. The average molecular weight is 386 g/mol. The smallest absolute Gasteiger partial charge is 0.261 e. The largest absolute Gasteiger partial charge is 0.484 e. The minimum absolute atomic E-state index is 0.0225. The van der Waals surface area contributed by atoms with Crippen LogP contribution < -0.4 is 10.1 Å². The van der Waals surface area contributed by atoms with E-state index in [9.17, 15) is 14.0 Å². The lowest BCUT2D eigenvalue weighted by atomic mass is 10.1. The van der Waals surface area contributed by atoms with Crippen molar-refractivity contribution in [2.45, 2.75) is 45.8 Å². The fourth-order valence-corrected chi connectivity index (χ4v) is 2.84. The highest BCUT2D eigenvalue weighted by Gasteiger charge is 2.29. The van der Waals surface area contributed by atoms with Crippen LogP contribution in [0.4, 0.5) is 4.39 Å². The first-order valence-corrected chi connectivity index (χ1v) is 9.42. The van der Waals surface area contributed by atoms with E-state index in [2.05, 4.69) is 5.32 Å². The van der Waals surface area contributed by atoms with Gasteiger partial charge in [0.1, 0.15) is 17.6 Å². The molecule has 2 aromatic carbocycles. The van der Waals surface area contributed by atoms with Gasteiger partial charge in [-0.3, -0.25) is 9.59 Å². The standard InChI is InChI=1S/C22H27FN2O3/c1-4-20(22(27)24-16(2)3)25(14-17-8-6-5-7-9-17)21(26)15-28-19-12-10-18(23)11-13-19/h5-13,16,20H,4,14-15H2,1-3H3,(H,24,27)/t20-/m1/s1. The first-order chi connectivity index (χ1) is 13.4. The van der Waals surface area contributed by atoms with E-state index in [1.54, 1.807) is 0 Å². The van der Waals surface area contributed by atoms with Gasteiger partial charge in [0.15, 0.2) is 6.61 Å². The van der Waals surface area contributed by atoms with Crippen LogP contribution in [0.1, 0.15) is 32.8 Å². The van der Waals surface area contributed by atoms with Gasteiger partial charge in [0.25, 0.3) is 5.91 Å². The fourth-order valence-electron chi connectivity index (χ4n) is 2.84. The van der Waals surface area contributed by atoms with Crippen LogP contribution in [0.15, 0.2) is 54.6 Å². The number of amides is 2. The summed E-state index contributed by atoms with van der Waals surface area (Å²) in [5.41, 5.74) is 0.924. The van der Waals surface area contributed by atoms with Crippen LogP contribution in [0.25, 0.3) is 0 Å². The highest BCUT2D eigenvalue weighted by molar-refractivity contribution is 5.88. The van der Waals surface area contributed by atoms with Crippen LogP contribution in [0, 0.1) is 5.82 Å². The van der Waals surface area contributed by atoms with E-state index in [0.29, 0.717) is 18.7 Å². The zero-order valence-corrected chi connectivity index (χ0v) is 16.5. The number of benzene rings is 2. The first kappa shape index (κ1) is 21.4. The molecule has 0 heterocycles. The van der Waals surface area contributed by atoms with Gasteiger partial charge in [0, 0.05) is 12.6 Å². The molecule has 1 atom stereocenters. The minimum Gasteiger partial charge on any atom is -0.484 e. The second kappa shape index (κ2) is 10.4. The average Bonchev–Trinajstić information content (AvgIpc) is 2.67. The maximum absolute atomic E-state index is 13.0. The highest BCUT2D eigenvalue weighted by atomic mass is 19.1. The van der Waals surface area contributed by atoms with E-state index in [-0.39, 0.29) is 30.3 Å². The number of halogens is 1. The van der Waals surface area contributed by atoms with E-state index >= 15 is 0 Å². The molecule has 0 unspecified atom stereocenters. The third-order valence-electron chi connectivity index (χ3n) is 4.19. The summed E-state index contributed by atoms with van der Waals surface area (Å²) in [6.07, 6.45) is 0.480. The molecule has 0 spiro atoms. The maximum atomic E-state index is 13.0. The van der Waals surface area contributed by atoms with Gasteiger partial charge in [-0.2, -0.15) is 0 Å². The number of hydrogen-bond acceptors (Lipinski definition) is 3. The van der Waals surface area contributed by atoms with E-state index in [1.807, 2.05) is 51.1 Å². The Morgan fingerprint density at radius 3 is 2.29 bits per heavy atom. The number of carbonyl (C=O) groups is 2. The zero-order chi connectivity index (χ0) is 20.5. The third-order valence-corrected chi connectivity index (χ3v) is 4.19. The summed E-state index contributed by atoms with van der Waals surface area (Å²) in [4.78, 5) is 27.1. The molecule has 0 aliphatic heterocycles.